The molecule has 0 unspecified atom stereocenters. The lowest BCUT2D eigenvalue weighted by Crippen LogP contribution is -2.43. The molecule has 1 amide bonds. The maximum atomic E-state index is 12.0. The van der Waals surface area contributed by atoms with E-state index in [0.717, 1.165) is 0 Å². The zero-order chi connectivity index (χ0) is 12.8. The standard InChI is InChI=1S/C14H28N2O/c1-12(2)16(4)14(17)11-15(3)13-9-7-5-6-8-10-13/h12-13H,5-11H2,1-4H3. The van der Waals surface area contributed by atoms with Crippen molar-refractivity contribution >= 4 is 5.91 Å². The number of hydrogen-bond acceptors (Lipinski definition) is 2. The molecule has 1 aliphatic rings. The van der Waals surface area contributed by atoms with Gasteiger partial charge in [-0.05, 0) is 33.7 Å². The summed E-state index contributed by atoms with van der Waals surface area (Å²) in [5, 5.41) is 0. The lowest BCUT2D eigenvalue weighted by Gasteiger charge is -2.29. The second-order valence-corrected chi connectivity index (χ2v) is 5.66. The van der Waals surface area contributed by atoms with Crippen LogP contribution in [-0.2, 0) is 4.79 Å². The fourth-order valence-electron chi connectivity index (χ4n) is 2.44. The lowest BCUT2D eigenvalue weighted by molar-refractivity contribution is -0.132. The van der Waals surface area contributed by atoms with Crippen molar-refractivity contribution in [2.45, 2.75) is 64.5 Å². The smallest absolute Gasteiger partial charge is 0.236 e. The fourth-order valence-corrected chi connectivity index (χ4v) is 2.44. The number of carbonyl (C=O) groups is 1. The van der Waals surface area contributed by atoms with Crippen LogP contribution >= 0.6 is 0 Å². The minimum atomic E-state index is 0.242. The molecule has 0 aromatic heterocycles. The van der Waals surface area contributed by atoms with Crippen molar-refractivity contribution in [3.8, 4) is 0 Å². The summed E-state index contributed by atoms with van der Waals surface area (Å²) >= 11 is 0. The Morgan fingerprint density at radius 3 is 2.12 bits per heavy atom. The molecule has 0 atom stereocenters. The molecule has 0 heterocycles. The maximum absolute atomic E-state index is 12.0. The van der Waals surface area contributed by atoms with E-state index in [1.165, 1.54) is 38.5 Å². The van der Waals surface area contributed by atoms with Gasteiger partial charge in [0.05, 0.1) is 6.54 Å². The van der Waals surface area contributed by atoms with Gasteiger partial charge in [0.1, 0.15) is 0 Å². The van der Waals surface area contributed by atoms with Gasteiger partial charge in [-0.2, -0.15) is 0 Å². The van der Waals surface area contributed by atoms with Crippen LogP contribution in [0.15, 0.2) is 0 Å². The van der Waals surface area contributed by atoms with Crippen LogP contribution < -0.4 is 0 Å². The van der Waals surface area contributed by atoms with Gasteiger partial charge in [-0.3, -0.25) is 9.69 Å². The van der Waals surface area contributed by atoms with Gasteiger partial charge in [0.25, 0.3) is 0 Å². The van der Waals surface area contributed by atoms with E-state index in [9.17, 15) is 4.79 Å². The van der Waals surface area contributed by atoms with Gasteiger partial charge in [-0.15, -0.1) is 0 Å². The molecule has 100 valence electrons. The van der Waals surface area contributed by atoms with Gasteiger partial charge >= 0.3 is 0 Å². The third-order valence-corrected chi connectivity index (χ3v) is 4.00. The fraction of sp³-hybridized carbons (Fsp3) is 0.929. The molecule has 0 N–H and O–H groups in total. The molecule has 0 radical (unpaired) electrons. The van der Waals surface area contributed by atoms with Crippen molar-refractivity contribution in [3.05, 3.63) is 0 Å². The Hall–Kier alpha value is -0.570. The Morgan fingerprint density at radius 1 is 1.12 bits per heavy atom. The quantitative estimate of drug-likeness (QED) is 0.705. The average Bonchev–Trinajstić information content (AvgIpc) is 2.56. The second-order valence-electron chi connectivity index (χ2n) is 5.66. The molecule has 0 aromatic carbocycles. The summed E-state index contributed by atoms with van der Waals surface area (Å²) < 4.78 is 0. The Kier molecular flexibility index (Phi) is 5.96. The summed E-state index contributed by atoms with van der Waals surface area (Å²) in [6.45, 7) is 4.69. The average molecular weight is 240 g/mol. The van der Waals surface area contributed by atoms with Crippen LogP contribution in [0, 0.1) is 0 Å². The monoisotopic (exact) mass is 240 g/mol. The normalized spacial score (nSPS) is 18.5. The van der Waals surface area contributed by atoms with Crippen molar-refractivity contribution < 1.29 is 4.79 Å². The number of carbonyl (C=O) groups excluding carboxylic acids is 1. The Balaban J connectivity index is 2.41. The van der Waals surface area contributed by atoms with Gasteiger partial charge in [-0.1, -0.05) is 25.7 Å². The van der Waals surface area contributed by atoms with Crippen molar-refractivity contribution in [2.75, 3.05) is 20.6 Å². The highest BCUT2D eigenvalue weighted by molar-refractivity contribution is 5.78. The highest BCUT2D eigenvalue weighted by Crippen LogP contribution is 2.20. The van der Waals surface area contributed by atoms with Gasteiger partial charge < -0.3 is 4.90 Å². The van der Waals surface area contributed by atoms with Crippen molar-refractivity contribution in [2.24, 2.45) is 0 Å². The predicted molar refractivity (Wildman–Crippen MR) is 72.0 cm³/mol. The number of rotatable bonds is 4. The first-order valence-corrected chi connectivity index (χ1v) is 6.98. The molecular formula is C14H28N2O. The SMILES string of the molecule is CC(C)N(C)C(=O)CN(C)C1CCCCCC1. The molecule has 3 nitrogen and oxygen atoms in total. The molecule has 3 heteroatoms. The molecule has 17 heavy (non-hydrogen) atoms. The molecule has 0 aromatic rings. The summed E-state index contributed by atoms with van der Waals surface area (Å²) in [7, 11) is 4.00. The van der Waals surface area contributed by atoms with E-state index >= 15 is 0 Å². The van der Waals surface area contributed by atoms with E-state index in [2.05, 4.69) is 25.8 Å². The predicted octanol–water partition coefficient (Wildman–Crippen LogP) is 2.51. The topological polar surface area (TPSA) is 23.6 Å². The Labute approximate surface area is 106 Å². The highest BCUT2D eigenvalue weighted by atomic mass is 16.2. The van der Waals surface area contributed by atoms with Crippen LogP contribution in [0.4, 0.5) is 0 Å². The Morgan fingerprint density at radius 2 is 1.65 bits per heavy atom. The van der Waals surface area contributed by atoms with Gasteiger partial charge in [0.2, 0.25) is 5.91 Å². The zero-order valence-electron chi connectivity index (χ0n) is 11.9. The van der Waals surface area contributed by atoms with Crippen molar-refractivity contribution in [1.82, 2.24) is 9.80 Å². The molecule has 1 saturated carbocycles. The summed E-state index contributed by atoms with van der Waals surface area (Å²) in [6.07, 6.45) is 7.89. The third-order valence-electron chi connectivity index (χ3n) is 4.00. The van der Waals surface area contributed by atoms with E-state index < -0.39 is 0 Å². The summed E-state index contributed by atoms with van der Waals surface area (Å²) in [6, 6.07) is 0.909. The van der Waals surface area contributed by atoms with E-state index in [0.29, 0.717) is 18.6 Å². The van der Waals surface area contributed by atoms with Crippen molar-refractivity contribution in [3.63, 3.8) is 0 Å². The summed E-state index contributed by atoms with van der Waals surface area (Å²) in [4.78, 5) is 16.1. The van der Waals surface area contributed by atoms with E-state index in [1.54, 1.807) is 0 Å². The van der Waals surface area contributed by atoms with Crippen LogP contribution in [0.2, 0.25) is 0 Å². The van der Waals surface area contributed by atoms with Crippen LogP contribution in [0.25, 0.3) is 0 Å². The zero-order valence-corrected chi connectivity index (χ0v) is 11.9. The van der Waals surface area contributed by atoms with Crippen LogP contribution in [0.3, 0.4) is 0 Å². The van der Waals surface area contributed by atoms with Crippen LogP contribution in [-0.4, -0.2) is 48.4 Å². The largest absolute Gasteiger partial charge is 0.342 e. The second kappa shape index (κ2) is 7.00. The number of hydrogen-bond donors (Lipinski definition) is 0. The number of amides is 1. The van der Waals surface area contributed by atoms with Crippen molar-refractivity contribution in [1.29, 1.82) is 0 Å². The molecule has 1 rings (SSSR count). The van der Waals surface area contributed by atoms with Crippen LogP contribution in [0.5, 0.6) is 0 Å². The molecule has 0 aliphatic heterocycles. The molecule has 1 fully saturated rings. The molecular weight excluding hydrogens is 212 g/mol. The first kappa shape index (κ1) is 14.5. The third kappa shape index (κ3) is 4.66. The highest BCUT2D eigenvalue weighted by Gasteiger charge is 2.21. The van der Waals surface area contributed by atoms with Gasteiger partial charge in [0.15, 0.2) is 0 Å². The van der Waals surface area contributed by atoms with E-state index in [1.807, 2.05) is 11.9 Å². The minimum Gasteiger partial charge on any atom is -0.342 e. The minimum absolute atomic E-state index is 0.242. The molecule has 0 saturated heterocycles. The number of nitrogens with zero attached hydrogens (tertiary/aromatic N) is 2. The van der Waals surface area contributed by atoms with E-state index in [-0.39, 0.29) is 5.91 Å². The van der Waals surface area contributed by atoms with Gasteiger partial charge in [0, 0.05) is 19.1 Å². The number of likely N-dealkylation sites (N-methyl/N-ethyl adjacent to an activating group) is 2. The summed E-state index contributed by atoms with van der Waals surface area (Å²) in [5.41, 5.74) is 0. The van der Waals surface area contributed by atoms with Gasteiger partial charge in [-0.25, -0.2) is 0 Å². The molecule has 1 aliphatic carbocycles. The molecule has 0 spiro atoms. The maximum Gasteiger partial charge on any atom is 0.236 e. The summed E-state index contributed by atoms with van der Waals surface area (Å²) in [5.74, 6) is 0.242. The lowest BCUT2D eigenvalue weighted by atomic mass is 10.1. The van der Waals surface area contributed by atoms with Crippen LogP contribution in [0.1, 0.15) is 52.4 Å². The first-order chi connectivity index (χ1) is 8.02. The Bertz CT molecular complexity index is 232. The first-order valence-electron chi connectivity index (χ1n) is 6.98. The van der Waals surface area contributed by atoms with E-state index in [4.69, 9.17) is 0 Å². The molecule has 0 bridgehead atoms.